The van der Waals surface area contributed by atoms with Gasteiger partial charge in [0.05, 0.1) is 11.8 Å². The zero-order valence-electron chi connectivity index (χ0n) is 16.6. The molecule has 0 bridgehead atoms. The summed E-state index contributed by atoms with van der Waals surface area (Å²) in [5, 5.41) is 0. The smallest absolute Gasteiger partial charge is 0.300 e. The van der Waals surface area contributed by atoms with Crippen LogP contribution in [0.4, 0.5) is 13.2 Å². The SMILES string of the molecule is CCN(CC1CCN(S(C)(=O)=O)CC1)[C@@H](C)Cc1cccc(C(F)(F)F)c1.Cl. The highest BCUT2D eigenvalue weighted by molar-refractivity contribution is 7.88. The Hall–Kier alpha value is -0.830. The number of piperidine rings is 1. The monoisotopic (exact) mass is 442 g/mol. The van der Waals surface area contributed by atoms with Crippen LogP contribution in [0.1, 0.15) is 37.8 Å². The third-order valence-corrected chi connectivity index (χ3v) is 6.65. The van der Waals surface area contributed by atoms with Crippen LogP contribution >= 0.6 is 12.4 Å². The Kier molecular flexibility index (Phi) is 9.25. The average molecular weight is 443 g/mol. The number of benzene rings is 1. The Morgan fingerprint density at radius 1 is 1.25 bits per heavy atom. The van der Waals surface area contributed by atoms with Gasteiger partial charge in [0, 0.05) is 25.7 Å². The van der Waals surface area contributed by atoms with Crippen molar-refractivity contribution in [2.45, 2.75) is 45.3 Å². The Morgan fingerprint density at radius 2 is 1.86 bits per heavy atom. The lowest BCUT2D eigenvalue weighted by atomic mass is 9.96. The van der Waals surface area contributed by atoms with Gasteiger partial charge in [-0.05, 0) is 50.3 Å². The van der Waals surface area contributed by atoms with Crippen molar-refractivity contribution < 1.29 is 21.6 Å². The van der Waals surface area contributed by atoms with Crippen molar-refractivity contribution in [1.82, 2.24) is 9.21 Å². The molecular weight excluding hydrogens is 413 g/mol. The average Bonchev–Trinajstić information content (AvgIpc) is 2.58. The normalized spacial score (nSPS) is 18.1. The molecule has 1 fully saturated rings. The molecule has 0 saturated carbocycles. The fourth-order valence-electron chi connectivity index (χ4n) is 3.72. The number of rotatable bonds is 7. The summed E-state index contributed by atoms with van der Waals surface area (Å²) in [5.74, 6) is 0.409. The van der Waals surface area contributed by atoms with E-state index < -0.39 is 21.8 Å². The van der Waals surface area contributed by atoms with Crippen molar-refractivity contribution in [3.05, 3.63) is 35.4 Å². The van der Waals surface area contributed by atoms with E-state index in [1.807, 2.05) is 13.8 Å². The fraction of sp³-hybridized carbons (Fsp3) is 0.684. The van der Waals surface area contributed by atoms with E-state index in [1.54, 1.807) is 6.07 Å². The van der Waals surface area contributed by atoms with Gasteiger partial charge < -0.3 is 4.90 Å². The lowest BCUT2D eigenvalue weighted by molar-refractivity contribution is -0.137. The van der Waals surface area contributed by atoms with Gasteiger partial charge in [0.25, 0.3) is 0 Å². The summed E-state index contributed by atoms with van der Waals surface area (Å²) in [6, 6.07) is 5.65. The number of sulfonamides is 1. The van der Waals surface area contributed by atoms with E-state index in [1.165, 1.54) is 22.7 Å². The van der Waals surface area contributed by atoms with Gasteiger partial charge in [-0.25, -0.2) is 12.7 Å². The molecule has 1 heterocycles. The Labute approximate surface area is 172 Å². The zero-order valence-corrected chi connectivity index (χ0v) is 18.2. The molecule has 0 aliphatic carbocycles. The lowest BCUT2D eigenvalue weighted by Gasteiger charge is -2.36. The fourth-order valence-corrected chi connectivity index (χ4v) is 4.59. The zero-order chi connectivity index (χ0) is 20.2. The first-order valence-electron chi connectivity index (χ1n) is 9.36. The van der Waals surface area contributed by atoms with E-state index in [-0.39, 0.29) is 18.4 Å². The van der Waals surface area contributed by atoms with Gasteiger partial charge in [-0.15, -0.1) is 12.4 Å². The van der Waals surface area contributed by atoms with Gasteiger partial charge in [-0.3, -0.25) is 0 Å². The van der Waals surface area contributed by atoms with E-state index in [0.717, 1.165) is 32.0 Å². The van der Waals surface area contributed by atoms with Crippen molar-refractivity contribution in [2.24, 2.45) is 5.92 Å². The summed E-state index contributed by atoms with van der Waals surface area (Å²) in [4.78, 5) is 2.28. The van der Waals surface area contributed by atoms with Crippen molar-refractivity contribution in [2.75, 3.05) is 32.4 Å². The Morgan fingerprint density at radius 3 is 2.36 bits per heavy atom. The molecule has 0 amide bonds. The van der Waals surface area contributed by atoms with Crippen LogP contribution in [-0.4, -0.2) is 56.1 Å². The molecule has 0 spiro atoms. The number of likely N-dealkylation sites (N-methyl/N-ethyl adjacent to an activating group) is 1. The van der Waals surface area contributed by atoms with E-state index in [9.17, 15) is 21.6 Å². The maximum absolute atomic E-state index is 12.9. The molecule has 1 aromatic carbocycles. The predicted molar refractivity (Wildman–Crippen MR) is 108 cm³/mol. The van der Waals surface area contributed by atoms with Crippen LogP contribution in [0.15, 0.2) is 24.3 Å². The summed E-state index contributed by atoms with van der Waals surface area (Å²) in [6.45, 7) is 6.83. The lowest BCUT2D eigenvalue weighted by Crippen LogP contribution is -2.43. The first kappa shape index (κ1) is 25.2. The van der Waals surface area contributed by atoms with Gasteiger partial charge in [-0.1, -0.05) is 25.1 Å². The second-order valence-corrected chi connectivity index (χ2v) is 9.43. The molecule has 2 rings (SSSR count). The molecule has 28 heavy (non-hydrogen) atoms. The predicted octanol–water partition coefficient (Wildman–Crippen LogP) is 4.05. The molecule has 1 atom stereocenters. The topological polar surface area (TPSA) is 40.6 Å². The standard InChI is InChI=1S/C19H29F3N2O2S.ClH/c1-4-23(14-16-8-10-24(11-9-16)27(3,25)26)15(2)12-17-6-5-7-18(13-17)19(20,21)22;/h5-7,13,15-16H,4,8-12,14H2,1-3H3;1H/t15-;/m0./s1. The van der Waals surface area contributed by atoms with Gasteiger partial charge in [0.15, 0.2) is 0 Å². The van der Waals surface area contributed by atoms with Gasteiger partial charge in [-0.2, -0.15) is 13.2 Å². The van der Waals surface area contributed by atoms with Crippen molar-refractivity contribution in [3.8, 4) is 0 Å². The number of alkyl halides is 3. The number of nitrogens with zero attached hydrogens (tertiary/aromatic N) is 2. The maximum atomic E-state index is 12.9. The molecule has 0 aromatic heterocycles. The summed E-state index contributed by atoms with van der Waals surface area (Å²) < 4.78 is 63.4. The summed E-state index contributed by atoms with van der Waals surface area (Å²) in [5.41, 5.74) is 0.0751. The summed E-state index contributed by atoms with van der Waals surface area (Å²) >= 11 is 0. The molecule has 0 radical (unpaired) electrons. The number of hydrogen-bond donors (Lipinski definition) is 0. The van der Waals surface area contributed by atoms with E-state index in [4.69, 9.17) is 0 Å². The van der Waals surface area contributed by atoms with Crippen LogP contribution in [0.2, 0.25) is 0 Å². The molecule has 1 aliphatic heterocycles. The highest BCUT2D eigenvalue weighted by atomic mass is 35.5. The van der Waals surface area contributed by atoms with Gasteiger partial charge in [0.2, 0.25) is 10.0 Å². The third kappa shape index (κ3) is 7.21. The number of halogens is 4. The summed E-state index contributed by atoms with van der Waals surface area (Å²) in [7, 11) is -3.13. The third-order valence-electron chi connectivity index (χ3n) is 5.35. The van der Waals surface area contributed by atoms with E-state index in [0.29, 0.717) is 31.0 Å². The second kappa shape index (κ2) is 10.3. The Bertz CT molecular complexity index is 720. The number of hydrogen-bond acceptors (Lipinski definition) is 3. The van der Waals surface area contributed by atoms with Crippen LogP contribution in [-0.2, 0) is 22.6 Å². The molecule has 1 saturated heterocycles. The highest BCUT2D eigenvalue weighted by Crippen LogP contribution is 2.30. The first-order valence-corrected chi connectivity index (χ1v) is 11.2. The molecule has 0 N–H and O–H groups in total. The minimum absolute atomic E-state index is 0. The molecule has 4 nitrogen and oxygen atoms in total. The Balaban J connectivity index is 0.00000392. The van der Waals surface area contributed by atoms with Crippen LogP contribution in [0, 0.1) is 5.92 Å². The van der Waals surface area contributed by atoms with Crippen LogP contribution < -0.4 is 0 Å². The van der Waals surface area contributed by atoms with Crippen molar-refractivity contribution >= 4 is 22.4 Å². The second-order valence-electron chi connectivity index (χ2n) is 7.44. The highest BCUT2D eigenvalue weighted by Gasteiger charge is 2.31. The molecule has 9 heteroatoms. The molecule has 1 aromatic rings. The molecule has 162 valence electrons. The van der Waals surface area contributed by atoms with E-state index >= 15 is 0 Å². The van der Waals surface area contributed by atoms with Crippen LogP contribution in [0.25, 0.3) is 0 Å². The van der Waals surface area contributed by atoms with Crippen LogP contribution in [0.5, 0.6) is 0 Å². The van der Waals surface area contributed by atoms with Crippen molar-refractivity contribution in [1.29, 1.82) is 0 Å². The van der Waals surface area contributed by atoms with E-state index in [2.05, 4.69) is 4.90 Å². The quantitative estimate of drug-likeness (QED) is 0.639. The molecule has 1 aliphatic rings. The minimum atomic E-state index is -4.32. The molecular formula is C19H30ClF3N2O2S. The minimum Gasteiger partial charge on any atom is -0.300 e. The van der Waals surface area contributed by atoms with Crippen LogP contribution in [0.3, 0.4) is 0 Å². The largest absolute Gasteiger partial charge is 0.416 e. The maximum Gasteiger partial charge on any atom is 0.416 e. The van der Waals surface area contributed by atoms with Gasteiger partial charge >= 0.3 is 6.18 Å². The van der Waals surface area contributed by atoms with Gasteiger partial charge in [0.1, 0.15) is 0 Å². The first-order chi connectivity index (χ1) is 12.5. The van der Waals surface area contributed by atoms with Crippen molar-refractivity contribution in [3.63, 3.8) is 0 Å². The molecule has 0 unspecified atom stereocenters. The summed E-state index contributed by atoms with van der Waals surface area (Å²) in [6.07, 6.45) is -0.889.